The Kier molecular flexibility index (Phi) is 9.13. The van der Waals surface area contributed by atoms with Gasteiger partial charge in [0.05, 0.1) is 5.75 Å². The van der Waals surface area contributed by atoms with Gasteiger partial charge in [0.25, 0.3) is 0 Å². The van der Waals surface area contributed by atoms with Crippen molar-refractivity contribution in [3.8, 4) is 0 Å². The Labute approximate surface area is 175 Å². The number of hydrogen-bond acceptors (Lipinski definition) is 3. The van der Waals surface area contributed by atoms with Gasteiger partial charge in [-0.15, -0.1) is 24.0 Å². The fourth-order valence-corrected chi connectivity index (χ4v) is 3.52. The maximum absolute atomic E-state index is 11.4. The van der Waals surface area contributed by atoms with Crippen molar-refractivity contribution in [3.05, 3.63) is 34.3 Å². The second kappa shape index (κ2) is 10.1. The fourth-order valence-electron chi connectivity index (χ4n) is 2.50. The lowest BCUT2D eigenvalue weighted by Crippen LogP contribution is -2.44. The van der Waals surface area contributed by atoms with E-state index in [1.54, 1.807) is 14.0 Å². The zero-order chi connectivity index (χ0) is 17.6. The van der Waals surface area contributed by atoms with Crippen LogP contribution in [0.3, 0.4) is 0 Å². The first-order valence-corrected chi connectivity index (χ1v) is 10.5. The molecular formula is C16H26BrIN4O2S. The Morgan fingerprint density at radius 3 is 2.56 bits per heavy atom. The summed E-state index contributed by atoms with van der Waals surface area (Å²) < 4.78 is 26.4. The van der Waals surface area contributed by atoms with Gasteiger partial charge in [0.1, 0.15) is 0 Å². The van der Waals surface area contributed by atoms with Crippen LogP contribution in [0, 0.1) is 0 Å². The molecule has 1 fully saturated rings. The monoisotopic (exact) mass is 544 g/mol. The standard InChI is InChI=1S/C16H25BrN4O2S.HI/c1-3-24(22,23)21-10-9-19-15(18-2)20-12-16(7-8-16)13-5-4-6-14(17)11-13;/h4-6,11,21H,3,7-10,12H2,1-2H3,(H2,18,19,20);1H. The first-order valence-electron chi connectivity index (χ1n) is 8.09. The molecule has 0 radical (unpaired) electrons. The number of sulfonamides is 1. The normalized spacial score (nSPS) is 16.0. The summed E-state index contributed by atoms with van der Waals surface area (Å²) >= 11 is 3.53. The SMILES string of the molecule is CCS(=O)(=O)NCCNC(=NC)NCC1(c2cccc(Br)c2)CC1.I. The molecule has 0 aromatic heterocycles. The van der Waals surface area contributed by atoms with Gasteiger partial charge in [0, 0.05) is 36.6 Å². The Morgan fingerprint density at radius 2 is 2.00 bits per heavy atom. The maximum atomic E-state index is 11.4. The summed E-state index contributed by atoms with van der Waals surface area (Å²) in [7, 11) is -1.43. The first-order chi connectivity index (χ1) is 11.4. The minimum atomic E-state index is -3.14. The van der Waals surface area contributed by atoms with E-state index in [-0.39, 0.29) is 35.1 Å². The summed E-state index contributed by atoms with van der Waals surface area (Å²) in [6.07, 6.45) is 2.31. The van der Waals surface area contributed by atoms with Crippen LogP contribution in [0.15, 0.2) is 33.7 Å². The molecule has 0 amide bonds. The Morgan fingerprint density at radius 1 is 1.28 bits per heavy atom. The number of hydrogen-bond donors (Lipinski definition) is 3. The highest BCUT2D eigenvalue weighted by molar-refractivity contribution is 14.0. The Hall–Kier alpha value is -0.390. The predicted molar refractivity (Wildman–Crippen MR) is 117 cm³/mol. The van der Waals surface area contributed by atoms with Gasteiger partial charge in [-0.3, -0.25) is 4.99 Å². The lowest BCUT2D eigenvalue weighted by Gasteiger charge is -2.19. The largest absolute Gasteiger partial charge is 0.356 e. The van der Waals surface area contributed by atoms with Gasteiger partial charge in [-0.1, -0.05) is 28.1 Å². The first kappa shape index (κ1) is 22.7. The molecule has 25 heavy (non-hydrogen) atoms. The minimum absolute atomic E-state index is 0. The number of aliphatic imine (C=N–C) groups is 1. The lowest BCUT2D eigenvalue weighted by molar-refractivity contribution is 0.581. The maximum Gasteiger partial charge on any atom is 0.211 e. The summed E-state index contributed by atoms with van der Waals surface area (Å²) in [5, 5.41) is 6.48. The Balaban J connectivity index is 0.00000312. The molecule has 1 aromatic carbocycles. The highest BCUT2D eigenvalue weighted by atomic mass is 127. The van der Waals surface area contributed by atoms with Crippen molar-refractivity contribution in [2.45, 2.75) is 25.2 Å². The topological polar surface area (TPSA) is 82.6 Å². The number of rotatable bonds is 8. The highest BCUT2D eigenvalue weighted by Gasteiger charge is 2.44. The number of nitrogens with zero attached hydrogens (tertiary/aromatic N) is 1. The quantitative estimate of drug-likeness (QED) is 0.203. The average Bonchev–Trinajstić information content (AvgIpc) is 3.35. The van der Waals surface area contributed by atoms with E-state index in [2.05, 4.69) is 54.5 Å². The zero-order valence-electron chi connectivity index (χ0n) is 14.5. The molecule has 1 aromatic rings. The molecule has 1 aliphatic carbocycles. The van der Waals surface area contributed by atoms with Crippen LogP contribution in [-0.4, -0.2) is 46.8 Å². The van der Waals surface area contributed by atoms with E-state index in [0.29, 0.717) is 19.0 Å². The molecule has 0 saturated heterocycles. The number of halogens is 2. The molecule has 1 aliphatic rings. The third-order valence-electron chi connectivity index (χ3n) is 4.23. The molecule has 3 N–H and O–H groups in total. The van der Waals surface area contributed by atoms with Crippen LogP contribution < -0.4 is 15.4 Å². The molecule has 0 atom stereocenters. The summed E-state index contributed by atoms with van der Waals surface area (Å²) in [5.74, 6) is 0.779. The van der Waals surface area contributed by atoms with Crippen molar-refractivity contribution < 1.29 is 8.42 Å². The minimum Gasteiger partial charge on any atom is -0.356 e. The number of benzene rings is 1. The van der Waals surface area contributed by atoms with Gasteiger partial charge in [0.15, 0.2) is 5.96 Å². The van der Waals surface area contributed by atoms with Crippen LogP contribution in [0.4, 0.5) is 0 Å². The summed E-state index contributed by atoms with van der Waals surface area (Å²) in [5.41, 5.74) is 1.50. The van der Waals surface area contributed by atoms with Crippen molar-refractivity contribution in [1.82, 2.24) is 15.4 Å². The smallest absolute Gasteiger partial charge is 0.211 e. The van der Waals surface area contributed by atoms with Crippen molar-refractivity contribution in [3.63, 3.8) is 0 Å². The Bertz CT molecular complexity index is 693. The van der Waals surface area contributed by atoms with Gasteiger partial charge in [0.2, 0.25) is 10.0 Å². The van der Waals surface area contributed by atoms with Gasteiger partial charge >= 0.3 is 0 Å². The van der Waals surface area contributed by atoms with Crippen molar-refractivity contribution >= 4 is 55.9 Å². The van der Waals surface area contributed by atoms with Gasteiger partial charge < -0.3 is 10.6 Å². The van der Waals surface area contributed by atoms with Crippen LogP contribution >= 0.6 is 39.9 Å². The second-order valence-electron chi connectivity index (χ2n) is 5.94. The average molecular weight is 545 g/mol. The van der Waals surface area contributed by atoms with E-state index in [1.807, 2.05) is 6.07 Å². The highest BCUT2D eigenvalue weighted by Crippen LogP contribution is 2.48. The lowest BCUT2D eigenvalue weighted by atomic mass is 9.96. The van der Waals surface area contributed by atoms with Crippen LogP contribution in [0.25, 0.3) is 0 Å². The number of nitrogens with one attached hydrogen (secondary N) is 3. The molecular weight excluding hydrogens is 519 g/mol. The van der Waals surface area contributed by atoms with Crippen LogP contribution in [0.5, 0.6) is 0 Å². The van der Waals surface area contributed by atoms with E-state index < -0.39 is 10.0 Å². The van der Waals surface area contributed by atoms with E-state index in [9.17, 15) is 8.42 Å². The number of guanidine groups is 1. The second-order valence-corrected chi connectivity index (χ2v) is 8.95. The van der Waals surface area contributed by atoms with Gasteiger partial charge in [-0.25, -0.2) is 13.1 Å². The van der Waals surface area contributed by atoms with Crippen LogP contribution in [-0.2, 0) is 15.4 Å². The molecule has 0 spiro atoms. The van der Waals surface area contributed by atoms with E-state index in [0.717, 1.165) is 23.9 Å². The molecule has 142 valence electrons. The summed E-state index contributed by atoms with van der Waals surface area (Å²) in [6.45, 7) is 3.26. The van der Waals surface area contributed by atoms with Gasteiger partial charge in [-0.2, -0.15) is 0 Å². The molecule has 0 bridgehead atoms. The molecule has 6 nitrogen and oxygen atoms in total. The molecule has 0 heterocycles. The molecule has 9 heteroatoms. The van der Waals surface area contributed by atoms with E-state index >= 15 is 0 Å². The predicted octanol–water partition coefficient (Wildman–Crippen LogP) is 2.20. The summed E-state index contributed by atoms with van der Waals surface area (Å²) in [4.78, 5) is 4.19. The van der Waals surface area contributed by atoms with Crippen molar-refractivity contribution in [2.75, 3.05) is 32.4 Å². The van der Waals surface area contributed by atoms with E-state index in [1.165, 1.54) is 5.56 Å². The zero-order valence-corrected chi connectivity index (χ0v) is 19.2. The van der Waals surface area contributed by atoms with Gasteiger partial charge in [-0.05, 0) is 37.5 Å². The molecule has 2 rings (SSSR count). The fraction of sp³-hybridized carbons (Fsp3) is 0.562. The summed E-state index contributed by atoms with van der Waals surface area (Å²) in [6, 6.07) is 8.43. The van der Waals surface area contributed by atoms with E-state index in [4.69, 9.17) is 0 Å². The van der Waals surface area contributed by atoms with Crippen molar-refractivity contribution in [2.24, 2.45) is 4.99 Å². The van der Waals surface area contributed by atoms with Crippen molar-refractivity contribution in [1.29, 1.82) is 0 Å². The molecule has 1 saturated carbocycles. The molecule has 0 aliphatic heterocycles. The van der Waals surface area contributed by atoms with Crippen LogP contribution in [0.2, 0.25) is 0 Å². The molecule has 0 unspecified atom stereocenters. The van der Waals surface area contributed by atoms with Crippen LogP contribution in [0.1, 0.15) is 25.3 Å². The third kappa shape index (κ3) is 7.03. The third-order valence-corrected chi connectivity index (χ3v) is 6.13.